The smallest absolute Gasteiger partial charge is 0.248 e. The lowest BCUT2D eigenvalue weighted by Gasteiger charge is -2.34. The first-order valence-corrected chi connectivity index (χ1v) is 22.7. The molecule has 55 heavy (non-hydrogen) atoms. The molecular formula is C50H38N2OSi2. The summed E-state index contributed by atoms with van der Waals surface area (Å²) < 4.78 is 6.42. The first-order valence-electron chi connectivity index (χ1n) is 18.7. The van der Waals surface area contributed by atoms with Crippen molar-refractivity contribution in [3.63, 3.8) is 0 Å². The molecule has 8 aromatic carbocycles. The molecule has 1 aromatic heterocycles. The average Bonchev–Trinajstić information content (AvgIpc) is 3.78. The van der Waals surface area contributed by atoms with E-state index in [1.807, 2.05) is 0 Å². The van der Waals surface area contributed by atoms with E-state index in [1.54, 1.807) is 0 Å². The Morgan fingerprint density at radius 2 is 0.436 bits per heavy atom. The fourth-order valence-corrected chi connectivity index (χ4v) is 17.8. The van der Waals surface area contributed by atoms with Gasteiger partial charge in [0, 0.05) is 11.1 Å². The highest BCUT2D eigenvalue weighted by Crippen LogP contribution is 2.24. The maximum atomic E-state index is 6.42. The zero-order valence-corrected chi connectivity index (χ0v) is 32.2. The SMILES string of the molecule is c1ccc([Si](c2ccccc2)(c2ccccc2)c2ccc(-c3nnc(-c4ccc([Si](c5ccccc5)(c5ccccc5)c5ccccc5)cc4)o3)cc2)cc1. The second kappa shape index (κ2) is 15.0. The number of hydrogen-bond donors (Lipinski definition) is 0. The fourth-order valence-electron chi connectivity index (χ4n) is 8.31. The molecule has 0 saturated carbocycles. The Morgan fingerprint density at radius 1 is 0.236 bits per heavy atom. The van der Waals surface area contributed by atoms with Crippen LogP contribution in [0.15, 0.2) is 235 Å². The van der Waals surface area contributed by atoms with Crippen molar-refractivity contribution in [1.29, 1.82) is 0 Å². The molecule has 0 aliphatic carbocycles. The summed E-state index contributed by atoms with van der Waals surface area (Å²) >= 11 is 0. The summed E-state index contributed by atoms with van der Waals surface area (Å²) in [6.45, 7) is 0. The van der Waals surface area contributed by atoms with Gasteiger partial charge in [0.15, 0.2) is 16.1 Å². The van der Waals surface area contributed by atoms with Gasteiger partial charge in [-0.2, -0.15) is 0 Å². The third-order valence-electron chi connectivity index (χ3n) is 10.8. The molecule has 0 fully saturated rings. The highest BCUT2D eigenvalue weighted by molar-refractivity contribution is 7.20. The Hall–Kier alpha value is -6.67. The zero-order valence-electron chi connectivity index (χ0n) is 30.2. The van der Waals surface area contributed by atoms with Crippen LogP contribution in [0.5, 0.6) is 0 Å². The van der Waals surface area contributed by atoms with Crippen LogP contribution in [0.3, 0.4) is 0 Å². The van der Waals surface area contributed by atoms with Crippen molar-refractivity contribution in [1.82, 2.24) is 10.2 Å². The first kappa shape index (κ1) is 34.1. The lowest BCUT2D eigenvalue weighted by atomic mass is 10.2. The van der Waals surface area contributed by atoms with E-state index in [0.29, 0.717) is 11.8 Å². The summed E-state index contributed by atoms with van der Waals surface area (Å²) in [5.41, 5.74) is 1.78. The molecule has 0 atom stereocenters. The van der Waals surface area contributed by atoms with Crippen molar-refractivity contribution < 1.29 is 4.42 Å². The van der Waals surface area contributed by atoms with E-state index in [2.05, 4.69) is 241 Å². The second-order valence-corrected chi connectivity index (χ2v) is 21.4. The van der Waals surface area contributed by atoms with Gasteiger partial charge in [-0.15, -0.1) is 10.2 Å². The molecule has 5 heteroatoms. The largest absolute Gasteiger partial charge is 0.416 e. The van der Waals surface area contributed by atoms with Crippen LogP contribution in [0.4, 0.5) is 0 Å². The molecule has 9 rings (SSSR count). The van der Waals surface area contributed by atoms with Crippen molar-refractivity contribution in [2.24, 2.45) is 0 Å². The van der Waals surface area contributed by atoms with Crippen LogP contribution < -0.4 is 41.5 Å². The van der Waals surface area contributed by atoms with Crippen molar-refractivity contribution in [3.8, 4) is 22.9 Å². The van der Waals surface area contributed by atoms with Crippen molar-refractivity contribution >= 4 is 57.6 Å². The number of rotatable bonds is 10. The molecule has 262 valence electrons. The summed E-state index contributed by atoms with van der Waals surface area (Å²) in [5.74, 6) is 0.997. The highest BCUT2D eigenvalue weighted by atomic mass is 28.3. The van der Waals surface area contributed by atoms with E-state index in [9.17, 15) is 0 Å². The third-order valence-corrected chi connectivity index (χ3v) is 20.4. The van der Waals surface area contributed by atoms with Crippen LogP contribution in [0, 0.1) is 0 Å². The van der Waals surface area contributed by atoms with Gasteiger partial charge < -0.3 is 4.42 Å². The Kier molecular flexibility index (Phi) is 9.30. The molecular weight excluding hydrogens is 701 g/mol. The molecule has 1 heterocycles. The minimum absolute atomic E-state index is 0.499. The summed E-state index contributed by atoms with van der Waals surface area (Å²) in [6, 6.07) is 83.3. The highest BCUT2D eigenvalue weighted by Gasteiger charge is 2.42. The number of hydrogen-bond acceptors (Lipinski definition) is 3. The summed E-state index contributed by atoms with van der Waals surface area (Å²) in [5, 5.41) is 19.7. The van der Waals surface area contributed by atoms with E-state index in [1.165, 1.54) is 41.5 Å². The predicted octanol–water partition coefficient (Wildman–Crippen LogP) is 6.16. The summed E-state index contributed by atoms with van der Waals surface area (Å²) in [6.07, 6.45) is 0. The molecule has 0 radical (unpaired) electrons. The van der Waals surface area contributed by atoms with Gasteiger partial charge in [-0.25, -0.2) is 0 Å². The lowest BCUT2D eigenvalue weighted by molar-refractivity contribution is 0.584. The molecule has 3 nitrogen and oxygen atoms in total. The standard InChI is InChI=1S/C50H38N2OSi2/c1-7-19-41(20-8-1)54(42-21-9-2-10-22-42,43-23-11-3-12-24-43)47-35-31-39(32-36-47)49-51-52-50(53-49)40-33-37-48(38-34-40)55(44-25-13-4-14-26-44,45-27-15-5-16-28-45)46-29-17-6-18-30-46/h1-38H. The van der Waals surface area contributed by atoms with Gasteiger partial charge >= 0.3 is 0 Å². The van der Waals surface area contributed by atoms with Crippen molar-refractivity contribution in [3.05, 3.63) is 231 Å². The van der Waals surface area contributed by atoms with Gasteiger partial charge in [0.05, 0.1) is 0 Å². The Bertz CT molecular complexity index is 2220. The van der Waals surface area contributed by atoms with Crippen LogP contribution >= 0.6 is 0 Å². The normalized spacial score (nSPS) is 11.6. The minimum Gasteiger partial charge on any atom is -0.416 e. The monoisotopic (exact) mass is 738 g/mol. The van der Waals surface area contributed by atoms with Crippen molar-refractivity contribution in [2.75, 3.05) is 0 Å². The molecule has 0 aliphatic heterocycles. The Labute approximate surface area is 324 Å². The number of nitrogens with zero attached hydrogens (tertiary/aromatic N) is 2. The molecule has 0 saturated heterocycles. The van der Waals surface area contributed by atoms with E-state index in [4.69, 9.17) is 4.42 Å². The van der Waals surface area contributed by atoms with Gasteiger partial charge in [0.1, 0.15) is 0 Å². The molecule has 0 spiro atoms. The fraction of sp³-hybridized carbons (Fsp3) is 0. The maximum Gasteiger partial charge on any atom is 0.248 e. The molecule has 0 amide bonds. The Morgan fingerprint density at radius 3 is 0.655 bits per heavy atom. The summed E-state index contributed by atoms with van der Waals surface area (Å²) in [4.78, 5) is 0. The molecule has 9 aromatic rings. The molecule has 0 bridgehead atoms. The van der Waals surface area contributed by atoms with Gasteiger partial charge in [0.2, 0.25) is 11.8 Å². The third kappa shape index (κ3) is 6.10. The zero-order chi connectivity index (χ0) is 36.9. The Balaban J connectivity index is 1.09. The molecule has 0 N–H and O–H groups in total. The van der Waals surface area contributed by atoms with E-state index in [0.717, 1.165) is 11.1 Å². The van der Waals surface area contributed by atoms with Gasteiger partial charge in [0.25, 0.3) is 0 Å². The maximum absolute atomic E-state index is 6.42. The predicted molar refractivity (Wildman–Crippen MR) is 232 cm³/mol. The van der Waals surface area contributed by atoms with Gasteiger partial charge in [-0.3, -0.25) is 0 Å². The number of benzene rings is 8. The minimum atomic E-state index is -2.63. The molecule has 0 unspecified atom stereocenters. The lowest BCUT2D eigenvalue weighted by Crippen LogP contribution is -2.74. The summed E-state index contributed by atoms with van der Waals surface area (Å²) in [7, 11) is -5.26. The van der Waals surface area contributed by atoms with Gasteiger partial charge in [-0.1, -0.05) is 206 Å². The van der Waals surface area contributed by atoms with Crippen LogP contribution in [-0.2, 0) is 0 Å². The second-order valence-electron chi connectivity index (χ2n) is 13.8. The topological polar surface area (TPSA) is 38.9 Å². The van der Waals surface area contributed by atoms with Crippen LogP contribution in [0.25, 0.3) is 22.9 Å². The quantitative estimate of drug-likeness (QED) is 0.125. The van der Waals surface area contributed by atoms with E-state index >= 15 is 0 Å². The van der Waals surface area contributed by atoms with Crippen LogP contribution in [-0.4, -0.2) is 26.3 Å². The van der Waals surface area contributed by atoms with Gasteiger partial charge in [-0.05, 0) is 65.8 Å². The van der Waals surface area contributed by atoms with Crippen molar-refractivity contribution in [2.45, 2.75) is 0 Å². The molecule has 0 aliphatic rings. The van der Waals surface area contributed by atoms with Crippen LogP contribution in [0.2, 0.25) is 0 Å². The van der Waals surface area contributed by atoms with E-state index < -0.39 is 16.1 Å². The number of aromatic nitrogens is 2. The average molecular weight is 739 g/mol. The van der Waals surface area contributed by atoms with Crippen LogP contribution in [0.1, 0.15) is 0 Å². The first-order chi connectivity index (χ1) is 27.3. The van der Waals surface area contributed by atoms with E-state index in [-0.39, 0.29) is 0 Å².